The standard InChI is InChI=1S/C10H18N4S/c1-11-6-9-7-12-10(13-8-9)14(2)4-5-15-3/h7-8,11H,4-6H2,1-3H3. The Balaban J connectivity index is 2.54. The lowest BCUT2D eigenvalue weighted by molar-refractivity contribution is 0.801. The zero-order valence-electron chi connectivity index (χ0n) is 9.53. The van der Waals surface area contributed by atoms with Crippen LogP contribution in [-0.2, 0) is 6.54 Å². The van der Waals surface area contributed by atoms with Gasteiger partial charge < -0.3 is 10.2 Å². The number of nitrogens with zero attached hydrogens (tertiary/aromatic N) is 3. The molecule has 0 radical (unpaired) electrons. The third-order valence-corrected chi connectivity index (χ3v) is 2.64. The topological polar surface area (TPSA) is 41.1 Å². The van der Waals surface area contributed by atoms with Crippen LogP contribution in [0.25, 0.3) is 0 Å². The zero-order chi connectivity index (χ0) is 11.1. The predicted molar refractivity (Wildman–Crippen MR) is 66.4 cm³/mol. The van der Waals surface area contributed by atoms with Gasteiger partial charge in [0.25, 0.3) is 0 Å². The van der Waals surface area contributed by atoms with Gasteiger partial charge in [-0.25, -0.2) is 9.97 Å². The monoisotopic (exact) mass is 226 g/mol. The van der Waals surface area contributed by atoms with Crippen LogP contribution in [0.3, 0.4) is 0 Å². The first-order chi connectivity index (χ1) is 7.27. The van der Waals surface area contributed by atoms with Gasteiger partial charge in [0.1, 0.15) is 0 Å². The summed E-state index contributed by atoms with van der Waals surface area (Å²) in [6.07, 6.45) is 5.84. The molecule has 4 nitrogen and oxygen atoms in total. The van der Waals surface area contributed by atoms with E-state index in [1.807, 2.05) is 38.3 Å². The van der Waals surface area contributed by atoms with Gasteiger partial charge in [-0.1, -0.05) is 0 Å². The van der Waals surface area contributed by atoms with E-state index in [9.17, 15) is 0 Å². The fourth-order valence-electron chi connectivity index (χ4n) is 1.17. The maximum Gasteiger partial charge on any atom is 0.225 e. The van der Waals surface area contributed by atoms with Gasteiger partial charge in [0.15, 0.2) is 0 Å². The molecule has 0 saturated carbocycles. The summed E-state index contributed by atoms with van der Waals surface area (Å²) >= 11 is 1.83. The van der Waals surface area contributed by atoms with Crippen molar-refractivity contribution in [2.75, 3.05) is 37.5 Å². The Morgan fingerprint density at radius 1 is 1.40 bits per heavy atom. The summed E-state index contributed by atoms with van der Waals surface area (Å²) in [6, 6.07) is 0. The molecular formula is C10H18N4S. The molecule has 0 amide bonds. The normalized spacial score (nSPS) is 10.3. The first kappa shape index (κ1) is 12.3. The van der Waals surface area contributed by atoms with Crippen LogP contribution in [0.4, 0.5) is 5.95 Å². The molecule has 0 saturated heterocycles. The minimum Gasteiger partial charge on any atom is -0.343 e. The molecule has 0 spiro atoms. The van der Waals surface area contributed by atoms with Gasteiger partial charge >= 0.3 is 0 Å². The van der Waals surface area contributed by atoms with Crippen molar-refractivity contribution in [3.05, 3.63) is 18.0 Å². The smallest absolute Gasteiger partial charge is 0.225 e. The molecule has 1 rings (SSSR count). The van der Waals surface area contributed by atoms with Gasteiger partial charge in [-0.3, -0.25) is 0 Å². The van der Waals surface area contributed by atoms with Crippen LogP contribution >= 0.6 is 11.8 Å². The van der Waals surface area contributed by atoms with Gasteiger partial charge in [-0.05, 0) is 13.3 Å². The van der Waals surface area contributed by atoms with E-state index >= 15 is 0 Å². The molecular weight excluding hydrogens is 208 g/mol. The molecule has 5 heteroatoms. The maximum absolute atomic E-state index is 4.32. The molecule has 0 atom stereocenters. The minimum absolute atomic E-state index is 0.795. The highest BCUT2D eigenvalue weighted by atomic mass is 32.2. The number of nitrogens with one attached hydrogen (secondary N) is 1. The lowest BCUT2D eigenvalue weighted by Crippen LogP contribution is -2.22. The summed E-state index contributed by atoms with van der Waals surface area (Å²) in [5.74, 6) is 1.89. The zero-order valence-corrected chi connectivity index (χ0v) is 10.3. The Morgan fingerprint density at radius 2 is 2.07 bits per heavy atom. The van der Waals surface area contributed by atoms with Crippen LogP contribution in [0.2, 0.25) is 0 Å². The molecule has 15 heavy (non-hydrogen) atoms. The number of anilines is 1. The lowest BCUT2D eigenvalue weighted by atomic mass is 10.3. The first-order valence-corrected chi connectivity index (χ1v) is 6.33. The number of aromatic nitrogens is 2. The van der Waals surface area contributed by atoms with Gasteiger partial charge in [0.2, 0.25) is 5.95 Å². The number of thioether (sulfide) groups is 1. The van der Waals surface area contributed by atoms with Crippen LogP contribution in [0.15, 0.2) is 12.4 Å². The van der Waals surface area contributed by atoms with Crippen molar-refractivity contribution in [3.63, 3.8) is 0 Å². The van der Waals surface area contributed by atoms with E-state index in [0.717, 1.165) is 30.4 Å². The fourth-order valence-corrected chi connectivity index (χ4v) is 1.63. The lowest BCUT2D eigenvalue weighted by Gasteiger charge is -2.15. The Morgan fingerprint density at radius 3 is 2.60 bits per heavy atom. The molecule has 0 unspecified atom stereocenters. The average molecular weight is 226 g/mol. The number of hydrogen-bond donors (Lipinski definition) is 1. The SMILES string of the molecule is CNCc1cnc(N(C)CCSC)nc1. The molecule has 1 aromatic heterocycles. The van der Waals surface area contributed by atoms with E-state index in [1.165, 1.54) is 0 Å². The van der Waals surface area contributed by atoms with Crippen LogP contribution < -0.4 is 10.2 Å². The van der Waals surface area contributed by atoms with Gasteiger partial charge in [-0.15, -0.1) is 0 Å². The molecule has 1 aromatic rings. The second kappa shape index (κ2) is 6.63. The van der Waals surface area contributed by atoms with Crippen LogP contribution in [0.5, 0.6) is 0 Å². The van der Waals surface area contributed by atoms with Crippen molar-refractivity contribution < 1.29 is 0 Å². The molecule has 1 heterocycles. The summed E-state index contributed by atoms with van der Waals surface area (Å²) in [5, 5.41) is 3.07. The molecule has 0 aromatic carbocycles. The van der Waals surface area contributed by atoms with Crippen molar-refractivity contribution in [2.24, 2.45) is 0 Å². The molecule has 0 fully saturated rings. The fraction of sp³-hybridized carbons (Fsp3) is 0.600. The van der Waals surface area contributed by atoms with Crippen LogP contribution in [-0.4, -0.2) is 42.6 Å². The van der Waals surface area contributed by atoms with Gasteiger partial charge in [0, 0.05) is 43.8 Å². The first-order valence-electron chi connectivity index (χ1n) is 4.93. The van der Waals surface area contributed by atoms with Gasteiger partial charge in [-0.2, -0.15) is 11.8 Å². The molecule has 1 N–H and O–H groups in total. The second-order valence-electron chi connectivity index (χ2n) is 3.34. The number of rotatable bonds is 6. The average Bonchev–Trinajstić information content (AvgIpc) is 2.27. The minimum atomic E-state index is 0.795. The van der Waals surface area contributed by atoms with Crippen molar-refractivity contribution >= 4 is 17.7 Å². The van der Waals surface area contributed by atoms with Crippen molar-refractivity contribution in [2.45, 2.75) is 6.54 Å². The molecule has 0 aliphatic carbocycles. The van der Waals surface area contributed by atoms with Crippen LogP contribution in [0.1, 0.15) is 5.56 Å². The van der Waals surface area contributed by atoms with E-state index in [1.54, 1.807) is 0 Å². The molecule has 84 valence electrons. The summed E-state index contributed by atoms with van der Waals surface area (Å²) in [4.78, 5) is 10.7. The highest BCUT2D eigenvalue weighted by Crippen LogP contribution is 2.05. The summed E-state index contributed by atoms with van der Waals surface area (Å²) in [6.45, 7) is 1.79. The van der Waals surface area contributed by atoms with Gasteiger partial charge in [0.05, 0.1) is 0 Å². The Labute approximate surface area is 95.5 Å². The van der Waals surface area contributed by atoms with E-state index in [0.29, 0.717) is 0 Å². The van der Waals surface area contributed by atoms with E-state index in [-0.39, 0.29) is 0 Å². The molecule has 0 aliphatic heterocycles. The largest absolute Gasteiger partial charge is 0.343 e. The van der Waals surface area contributed by atoms with E-state index < -0.39 is 0 Å². The highest BCUT2D eigenvalue weighted by Gasteiger charge is 2.02. The Hall–Kier alpha value is -0.810. The Bertz CT molecular complexity index is 275. The summed E-state index contributed by atoms with van der Waals surface area (Å²) in [7, 11) is 3.93. The quantitative estimate of drug-likeness (QED) is 0.783. The summed E-state index contributed by atoms with van der Waals surface area (Å²) in [5.41, 5.74) is 1.11. The maximum atomic E-state index is 4.32. The Kier molecular flexibility index (Phi) is 5.42. The van der Waals surface area contributed by atoms with Crippen molar-refractivity contribution in [3.8, 4) is 0 Å². The second-order valence-corrected chi connectivity index (χ2v) is 4.32. The third kappa shape index (κ3) is 4.05. The van der Waals surface area contributed by atoms with E-state index in [2.05, 4.69) is 26.4 Å². The van der Waals surface area contributed by atoms with E-state index in [4.69, 9.17) is 0 Å². The van der Waals surface area contributed by atoms with Crippen LogP contribution in [0, 0.1) is 0 Å². The third-order valence-electron chi connectivity index (χ3n) is 2.04. The number of hydrogen-bond acceptors (Lipinski definition) is 5. The molecule has 0 bridgehead atoms. The summed E-state index contributed by atoms with van der Waals surface area (Å²) < 4.78 is 0. The van der Waals surface area contributed by atoms with Crippen molar-refractivity contribution in [1.82, 2.24) is 15.3 Å². The molecule has 0 aliphatic rings. The highest BCUT2D eigenvalue weighted by molar-refractivity contribution is 7.98. The predicted octanol–water partition coefficient (Wildman–Crippen LogP) is 0.995. The van der Waals surface area contributed by atoms with Crippen molar-refractivity contribution in [1.29, 1.82) is 0 Å².